The van der Waals surface area contributed by atoms with Gasteiger partial charge in [-0.05, 0) is 52.7 Å². The molecular formula is C16H32N2O. The molecule has 2 fully saturated rings. The molecule has 2 heterocycles. The van der Waals surface area contributed by atoms with Crippen molar-refractivity contribution in [1.82, 2.24) is 10.2 Å². The minimum absolute atomic E-state index is 0.235. The van der Waals surface area contributed by atoms with Gasteiger partial charge in [0.25, 0.3) is 0 Å². The monoisotopic (exact) mass is 268 g/mol. The van der Waals surface area contributed by atoms with E-state index in [1.54, 1.807) is 0 Å². The van der Waals surface area contributed by atoms with Gasteiger partial charge in [0.2, 0.25) is 0 Å². The number of nitrogens with zero attached hydrogens (tertiary/aromatic N) is 1. The van der Waals surface area contributed by atoms with E-state index in [9.17, 15) is 0 Å². The molecule has 0 radical (unpaired) electrons. The zero-order valence-electron chi connectivity index (χ0n) is 13.1. The summed E-state index contributed by atoms with van der Waals surface area (Å²) in [6.07, 6.45) is 6.76. The predicted molar refractivity (Wildman–Crippen MR) is 80.5 cm³/mol. The Balaban J connectivity index is 2.07. The van der Waals surface area contributed by atoms with Crippen molar-refractivity contribution >= 4 is 0 Å². The van der Waals surface area contributed by atoms with E-state index in [4.69, 9.17) is 4.74 Å². The van der Waals surface area contributed by atoms with E-state index in [1.165, 1.54) is 45.2 Å². The number of hydrogen-bond acceptors (Lipinski definition) is 3. The number of likely N-dealkylation sites (N-methyl/N-ethyl adjacent to an activating group) is 1. The molecule has 1 N–H and O–H groups in total. The summed E-state index contributed by atoms with van der Waals surface area (Å²) in [4.78, 5) is 2.73. The molecule has 112 valence electrons. The Morgan fingerprint density at radius 3 is 2.42 bits per heavy atom. The van der Waals surface area contributed by atoms with Crippen LogP contribution in [-0.2, 0) is 4.74 Å². The van der Waals surface area contributed by atoms with E-state index >= 15 is 0 Å². The number of nitrogens with one attached hydrogen (secondary N) is 1. The highest BCUT2D eigenvalue weighted by Gasteiger charge is 2.40. The van der Waals surface area contributed by atoms with Gasteiger partial charge in [-0.3, -0.25) is 4.90 Å². The molecule has 19 heavy (non-hydrogen) atoms. The highest BCUT2D eigenvalue weighted by Crippen LogP contribution is 2.30. The lowest BCUT2D eigenvalue weighted by molar-refractivity contribution is 0.0544. The van der Waals surface area contributed by atoms with Crippen LogP contribution in [0.1, 0.15) is 52.9 Å². The highest BCUT2D eigenvalue weighted by atomic mass is 16.5. The molecule has 2 aliphatic heterocycles. The summed E-state index contributed by atoms with van der Waals surface area (Å²) >= 11 is 0. The van der Waals surface area contributed by atoms with Gasteiger partial charge in [-0.2, -0.15) is 0 Å². The molecule has 3 nitrogen and oxygen atoms in total. The molecular weight excluding hydrogens is 236 g/mol. The maximum Gasteiger partial charge on any atom is 0.0510 e. The molecule has 0 bridgehead atoms. The van der Waals surface area contributed by atoms with E-state index in [1.807, 2.05) is 0 Å². The fourth-order valence-electron chi connectivity index (χ4n) is 3.87. The molecule has 0 aromatic heterocycles. The largest absolute Gasteiger partial charge is 0.381 e. The van der Waals surface area contributed by atoms with Crippen molar-refractivity contribution in [3.63, 3.8) is 0 Å². The fourth-order valence-corrected chi connectivity index (χ4v) is 3.87. The van der Waals surface area contributed by atoms with Crippen LogP contribution in [0.5, 0.6) is 0 Å². The maximum atomic E-state index is 5.63. The van der Waals surface area contributed by atoms with E-state index in [-0.39, 0.29) is 5.54 Å². The molecule has 0 saturated carbocycles. The third-order valence-electron chi connectivity index (χ3n) is 5.04. The lowest BCUT2D eigenvalue weighted by atomic mass is 9.82. The van der Waals surface area contributed by atoms with Gasteiger partial charge in [-0.1, -0.05) is 19.8 Å². The molecule has 0 aromatic rings. The second-order valence-electron chi connectivity index (χ2n) is 6.71. The minimum atomic E-state index is 0.235. The smallest absolute Gasteiger partial charge is 0.0510 e. The summed E-state index contributed by atoms with van der Waals surface area (Å²) in [5.74, 6) is 0.679. The van der Waals surface area contributed by atoms with Crippen LogP contribution in [0.2, 0.25) is 0 Å². The van der Waals surface area contributed by atoms with Gasteiger partial charge in [0.1, 0.15) is 0 Å². The topological polar surface area (TPSA) is 24.5 Å². The zero-order valence-corrected chi connectivity index (χ0v) is 13.1. The molecule has 0 spiro atoms. The minimum Gasteiger partial charge on any atom is -0.381 e. The molecule has 2 aliphatic rings. The molecule has 2 unspecified atom stereocenters. The first-order valence-corrected chi connectivity index (χ1v) is 8.22. The van der Waals surface area contributed by atoms with E-state index in [0.29, 0.717) is 12.0 Å². The van der Waals surface area contributed by atoms with Gasteiger partial charge in [-0.25, -0.2) is 0 Å². The fraction of sp³-hybridized carbons (Fsp3) is 1.00. The summed E-state index contributed by atoms with van der Waals surface area (Å²) in [5.41, 5.74) is 0.235. The Kier molecular flexibility index (Phi) is 5.67. The van der Waals surface area contributed by atoms with Crippen molar-refractivity contribution in [2.24, 2.45) is 5.92 Å². The normalized spacial score (nSPS) is 28.3. The molecule has 0 aromatic carbocycles. The average Bonchev–Trinajstić information content (AvgIpc) is 2.76. The SMILES string of the molecule is CCNC(C1CCOC1)C(C)(C)N1CCCCCC1. The van der Waals surface area contributed by atoms with Gasteiger partial charge in [0.05, 0.1) is 6.61 Å². The van der Waals surface area contributed by atoms with Crippen molar-refractivity contribution in [2.75, 3.05) is 32.8 Å². The summed E-state index contributed by atoms with van der Waals surface area (Å²) in [6.45, 7) is 12.6. The molecule has 0 amide bonds. The Hall–Kier alpha value is -0.120. The van der Waals surface area contributed by atoms with Crippen LogP contribution in [0, 0.1) is 5.92 Å². The second-order valence-corrected chi connectivity index (χ2v) is 6.71. The predicted octanol–water partition coefficient (Wildman–Crippen LogP) is 2.66. The molecule has 3 heteroatoms. The van der Waals surface area contributed by atoms with Crippen LogP contribution in [0.3, 0.4) is 0 Å². The van der Waals surface area contributed by atoms with E-state index in [2.05, 4.69) is 31.0 Å². The lowest BCUT2D eigenvalue weighted by Gasteiger charge is -2.46. The molecule has 2 saturated heterocycles. The zero-order chi connectivity index (χ0) is 13.7. The number of ether oxygens (including phenoxy) is 1. The number of rotatable bonds is 5. The Morgan fingerprint density at radius 2 is 1.89 bits per heavy atom. The van der Waals surface area contributed by atoms with Crippen LogP contribution in [0.15, 0.2) is 0 Å². The standard InChI is InChI=1S/C16H32N2O/c1-4-17-15(14-9-12-19-13-14)16(2,3)18-10-7-5-6-8-11-18/h14-15,17H,4-13H2,1-3H3. The van der Waals surface area contributed by atoms with Crippen molar-refractivity contribution < 1.29 is 4.74 Å². The third-order valence-corrected chi connectivity index (χ3v) is 5.04. The van der Waals surface area contributed by atoms with Gasteiger partial charge in [0, 0.05) is 24.1 Å². The summed E-state index contributed by atoms with van der Waals surface area (Å²) in [7, 11) is 0. The summed E-state index contributed by atoms with van der Waals surface area (Å²) in [5, 5.41) is 3.76. The van der Waals surface area contributed by atoms with E-state index < -0.39 is 0 Å². The quantitative estimate of drug-likeness (QED) is 0.829. The Morgan fingerprint density at radius 1 is 1.21 bits per heavy atom. The van der Waals surface area contributed by atoms with E-state index in [0.717, 1.165) is 19.8 Å². The number of likely N-dealkylation sites (tertiary alicyclic amines) is 1. The van der Waals surface area contributed by atoms with Crippen molar-refractivity contribution in [3.8, 4) is 0 Å². The van der Waals surface area contributed by atoms with Crippen molar-refractivity contribution in [1.29, 1.82) is 0 Å². The maximum absolute atomic E-state index is 5.63. The lowest BCUT2D eigenvalue weighted by Crippen LogP contribution is -2.61. The first-order valence-electron chi connectivity index (χ1n) is 8.22. The third kappa shape index (κ3) is 3.71. The first kappa shape index (κ1) is 15.3. The summed E-state index contributed by atoms with van der Waals surface area (Å²) in [6, 6.07) is 0.554. The van der Waals surface area contributed by atoms with Gasteiger partial charge < -0.3 is 10.1 Å². The van der Waals surface area contributed by atoms with Gasteiger partial charge in [0.15, 0.2) is 0 Å². The van der Waals surface area contributed by atoms with Crippen LogP contribution in [0.4, 0.5) is 0 Å². The van der Waals surface area contributed by atoms with Crippen LogP contribution in [-0.4, -0.2) is 49.3 Å². The molecule has 0 aliphatic carbocycles. The molecule has 2 atom stereocenters. The van der Waals surface area contributed by atoms with Gasteiger partial charge >= 0.3 is 0 Å². The average molecular weight is 268 g/mol. The second kappa shape index (κ2) is 7.05. The summed E-state index contributed by atoms with van der Waals surface area (Å²) < 4.78 is 5.63. The Bertz CT molecular complexity index is 253. The van der Waals surface area contributed by atoms with Crippen LogP contribution < -0.4 is 5.32 Å². The van der Waals surface area contributed by atoms with Crippen LogP contribution >= 0.6 is 0 Å². The van der Waals surface area contributed by atoms with Crippen molar-refractivity contribution in [3.05, 3.63) is 0 Å². The number of hydrogen-bond donors (Lipinski definition) is 1. The van der Waals surface area contributed by atoms with Gasteiger partial charge in [-0.15, -0.1) is 0 Å². The van der Waals surface area contributed by atoms with Crippen molar-refractivity contribution in [2.45, 2.75) is 64.5 Å². The van der Waals surface area contributed by atoms with Crippen LogP contribution in [0.25, 0.3) is 0 Å². The molecule has 2 rings (SSSR count). The first-order chi connectivity index (χ1) is 9.16. The Labute approximate surface area is 119 Å². The highest BCUT2D eigenvalue weighted by molar-refractivity contribution is 4.98.